The summed E-state index contributed by atoms with van der Waals surface area (Å²) in [6.45, 7) is 8.87. The van der Waals surface area contributed by atoms with Crippen LogP contribution in [-0.2, 0) is 10.0 Å². The number of nitrogens with two attached hydrogens (primary N) is 2. The van der Waals surface area contributed by atoms with Crippen LogP contribution in [0.25, 0.3) is 0 Å². The molecule has 0 saturated carbocycles. The van der Waals surface area contributed by atoms with Gasteiger partial charge in [0, 0.05) is 25.0 Å². The zero-order valence-electron chi connectivity index (χ0n) is 12.2. The molecule has 0 spiro atoms. The van der Waals surface area contributed by atoms with Crippen LogP contribution in [0.2, 0.25) is 0 Å². The van der Waals surface area contributed by atoms with Crippen LogP contribution in [0.3, 0.4) is 0 Å². The average Bonchev–Trinajstić information content (AvgIpc) is 2.16. The van der Waals surface area contributed by atoms with Gasteiger partial charge in [0.1, 0.15) is 0 Å². The van der Waals surface area contributed by atoms with E-state index >= 15 is 0 Å². The van der Waals surface area contributed by atoms with Crippen LogP contribution in [0.15, 0.2) is 17.0 Å². The first kappa shape index (κ1) is 15.8. The highest BCUT2D eigenvalue weighted by Crippen LogP contribution is 2.30. The molecule has 0 aliphatic rings. The highest BCUT2D eigenvalue weighted by atomic mass is 32.2. The number of rotatable bonds is 3. The standard InChI is InChI=1S/C13H23N3O2S/c1-9-11(16(5)8-13(2,3)4)6-10(14)7-12(9)19(15,17)18/h6-7H,8,14H2,1-5H3,(H2,15,17,18). The molecule has 0 aliphatic heterocycles. The van der Waals surface area contributed by atoms with Crippen LogP contribution in [0.5, 0.6) is 0 Å². The lowest BCUT2D eigenvalue weighted by Crippen LogP contribution is -2.30. The van der Waals surface area contributed by atoms with E-state index in [2.05, 4.69) is 20.8 Å². The summed E-state index contributed by atoms with van der Waals surface area (Å²) in [5.41, 5.74) is 7.68. The van der Waals surface area contributed by atoms with Gasteiger partial charge in [-0.2, -0.15) is 0 Å². The van der Waals surface area contributed by atoms with Crippen molar-refractivity contribution in [1.29, 1.82) is 0 Å². The number of nitrogens with zero attached hydrogens (tertiary/aromatic N) is 1. The quantitative estimate of drug-likeness (QED) is 0.827. The van der Waals surface area contributed by atoms with Gasteiger partial charge in [-0.1, -0.05) is 20.8 Å². The van der Waals surface area contributed by atoms with Crippen LogP contribution >= 0.6 is 0 Å². The second kappa shape index (κ2) is 5.02. The molecule has 4 N–H and O–H groups in total. The van der Waals surface area contributed by atoms with Crippen molar-refractivity contribution in [1.82, 2.24) is 0 Å². The number of nitrogen functional groups attached to an aromatic ring is 1. The normalized spacial score (nSPS) is 12.5. The monoisotopic (exact) mass is 285 g/mol. The SMILES string of the molecule is Cc1c(N(C)CC(C)(C)C)cc(N)cc1S(N)(=O)=O. The minimum atomic E-state index is -3.76. The molecule has 1 rings (SSSR count). The summed E-state index contributed by atoms with van der Waals surface area (Å²) in [6, 6.07) is 3.18. The first-order valence-corrected chi connectivity index (χ1v) is 7.60. The molecule has 0 amide bonds. The maximum atomic E-state index is 11.6. The number of hydrogen-bond acceptors (Lipinski definition) is 4. The second-order valence-electron chi connectivity index (χ2n) is 6.12. The first-order chi connectivity index (χ1) is 8.42. The number of benzene rings is 1. The van der Waals surface area contributed by atoms with Gasteiger partial charge < -0.3 is 10.6 Å². The van der Waals surface area contributed by atoms with E-state index in [0.29, 0.717) is 11.3 Å². The molecule has 0 unspecified atom stereocenters. The predicted octanol–water partition coefficient (Wildman–Crippen LogP) is 1.71. The summed E-state index contributed by atoms with van der Waals surface area (Å²) >= 11 is 0. The minimum absolute atomic E-state index is 0.0864. The Kier molecular flexibility index (Phi) is 4.17. The minimum Gasteiger partial charge on any atom is -0.399 e. The molecule has 0 atom stereocenters. The molecule has 0 aromatic heterocycles. The van der Waals surface area contributed by atoms with Gasteiger partial charge >= 0.3 is 0 Å². The van der Waals surface area contributed by atoms with E-state index in [-0.39, 0.29) is 10.3 Å². The highest BCUT2D eigenvalue weighted by molar-refractivity contribution is 7.89. The summed E-state index contributed by atoms with van der Waals surface area (Å²) in [4.78, 5) is 2.09. The molecular formula is C13H23N3O2S. The molecule has 0 fully saturated rings. The lowest BCUT2D eigenvalue weighted by atomic mass is 9.95. The zero-order chi connectivity index (χ0) is 15.0. The smallest absolute Gasteiger partial charge is 0.238 e. The first-order valence-electron chi connectivity index (χ1n) is 6.06. The van der Waals surface area contributed by atoms with E-state index in [4.69, 9.17) is 10.9 Å². The molecule has 5 nitrogen and oxygen atoms in total. The molecule has 6 heteroatoms. The Morgan fingerprint density at radius 3 is 2.21 bits per heavy atom. The van der Waals surface area contributed by atoms with Crippen molar-refractivity contribution < 1.29 is 8.42 Å². The third-order valence-electron chi connectivity index (χ3n) is 2.78. The number of primary sulfonamides is 1. The van der Waals surface area contributed by atoms with E-state index in [0.717, 1.165) is 12.2 Å². The maximum Gasteiger partial charge on any atom is 0.238 e. The maximum absolute atomic E-state index is 11.6. The summed E-state index contributed by atoms with van der Waals surface area (Å²) in [6.07, 6.45) is 0. The van der Waals surface area contributed by atoms with Crippen LogP contribution in [-0.4, -0.2) is 22.0 Å². The molecule has 108 valence electrons. The van der Waals surface area contributed by atoms with Crippen molar-refractivity contribution in [3.05, 3.63) is 17.7 Å². The van der Waals surface area contributed by atoms with Crippen LogP contribution < -0.4 is 15.8 Å². The van der Waals surface area contributed by atoms with E-state index in [1.807, 2.05) is 11.9 Å². The van der Waals surface area contributed by atoms with Crippen LogP contribution in [0, 0.1) is 12.3 Å². The third-order valence-corrected chi connectivity index (χ3v) is 3.82. The molecule has 19 heavy (non-hydrogen) atoms. The van der Waals surface area contributed by atoms with Crippen molar-refractivity contribution in [3.63, 3.8) is 0 Å². The fourth-order valence-corrected chi connectivity index (χ4v) is 3.01. The molecule has 0 saturated heterocycles. The van der Waals surface area contributed by atoms with E-state index < -0.39 is 10.0 Å². The fourth-order valence-electron chi connectivity index (χ4n) is 2.18. The van der Waals surface area contributed by atoms with Crippen molar-refractivity contribution in [2.45, 2.75) is 32.6 Å². The lowest BCUT2D eigenvalue weighted by molar-refractivity contribution is 0.418. The van der Waals surface area contributed by atoms with Crippen molar-refractivity contribution in [2.75, 3.05) is 24.2 Å². The topological polar surface area (TPSA) is 89.4 Å². The van der Waals surface area contributed by atoms with E-state index in [9.17, 15) is 8.42 Å². The predicted molar refractivity (Wildman–Crippen MR) is 79.7 cm³/mol. The Morgan fingerprint density at radius 1 is 1.26 bits per heavy atom. The van der Waals surface area contributed by atoms with Gasteiger partial charge in [0.2, 0.25) is 10.0 Å². The van der Waals surface area contributed by atoms with E-state index in [1.54, 1.807) is 13.0 Å². The number of hydrogen-bond donors (Lipinski definition) is 2. The summed E-state index contributed by atoms with van der Waals surface area (Å²) < 4.78 is 23.1. The van der Waals surface area contributed by atoms with Crippen LogP contribution in [0.1, 0.15) is 26.3 Å². The van der Waals surface area contributed by atoms with Crippen molar-refractivity contribution in [3.8, 4) is 0 Å². The van der Waals surface area contributed by atoms with Gasteiger partial charge in [0.25, 0.3) is 0 Å². The molecule has 0 radical (unpaired) electrons. The largest absolute Gasteiger partial charge is 0.399 e. The average molecular weight is 285 g/mol. The molecule has 1 aromatic rings. The zero-order valence-corrected chi connectivity index (χ0v) is 13.0. The molecular weight excluding hydrogens is 262 g/mol. The lowest BCUT2D eigenvalue weighted by Gasteiger charge is -2.30. The Bertz CT molecular complexity index is 574. The molecule has 0 heterocycles. The van der Waals surface area contributed by atoms with E-state index in [1.165, 1.54) is 6.07 Å². The Hall–Kier alpha value is -1.27. The summed E-state index contributed by atoms with van der Waals surface area (Å²) in [7, 11) is -1.85. The Labute approximate surface area is 115 Å². The number of sulfonamides is 1. The molecule has 0 aliphatic carbocycles. The highest BCUT2D eigenvalue weighted by Gasteiger charge is 2.20. The summed E-state index contributed by atoms with van der Waals surface area (Å²) in [5, 5.41) is 5.22. The van der Waals surface area contributed by atoms with Gasteiger partial charge in [-0.05, 0) is 30.0 Å². The Morgan fingerprint density at radius 2 is 1.79 bits per heavy atom. The fraction of sp³-hybridized carbons (Fsp3) is 0.538. The molecule has 1 aromatic carbocycles. The third kappa shape index (κ3) is 4.11. The Balaban J connectivity index is 3.34. The van der Waals surface area contributed by atoms with Crippen molar-refractivity contribution in [2.24, 2.45) is 10.6 Å². The van der Waals surface area contributed by atoms with Crippen LogP contribution in [0.4, 0.5) is 11.4 Å². The van der Waals surface area contributed by atoms with Crippen molar-refractivity contribution >= 4 is 21.4 Å². The number of anilines is 2. The van der Waals surface area contributed by atoms with Gasteiger partial charge in [-0.3, -0.25) is 0 Å². The van der Waals surface area contributed by atoms with Gasteiger partial charge in [0.05, 0.1) is 4.90 Å². The van der Waals surface area contributed by atoms with Gasteiger partial charge in [-0.25, -0.2) is 13.6 Å². The van der Waals surface area contributed by atoms with Gasteiger partial charge in [0.15, 0.2) is 0 Å². The molecule has 0 bridgehead atoms. The van der Waals surface area contributed by atoms with Gasteiger partial charge in [-0.15, -0.1) is 0 Å². The summed E-state index contributed by atoms with van der Waals surface area (Å²) in [5.74, 6) is 0. The second-order valence-corrected chi connectivity index (χ2v) is 7.65.